The summed E-state index contributed by atoms with van der Waals surface area (Å²) in [6, 6.07) is 2.11. The smallest absolute Gasteiger partial charge is 0.185 e. The summed E-state index contributed by atoms with van der Waals surface area (Å²) in [5, 5.41) is 0. The molecule has 88 valence electrons. The molecule has 0 fully saturated rings. The van der Waals surface area contributed by atoms with Crippen molar-refractivity contribution >= 4 is 0 Å². The van der Waals surface area contributed by atoms with Crippen molar-refractivity contribution in [1.82, 2.24) is 4.57 Å². The van der Waals surface area contributed by atoms with Crippen molar-refractivity contribution < 1.29 is 0 Å². The Kier molecular flexibility index (Phi) is 2.14. The molecule has 1 aromatic rings. The highest BCUT2D eigenvalue weighted by Crippen LogP contribution is 2.54. The highest BCUT2D eigenvalue weighted by molar-refractivity contribution is 5.49. The third-order valence-corrected chi connectivity index (χ3v) is 4.46. The van der Waals surface area contributed by atoms with Crippen molar-refractivity contribution in [3.8, 4) is 0 Å². The van der Waals surface area contributed by atoms with E-state index in [1.807, 2.05) is 6.20 Å². The second-order valence-electron chi connectivity index (χ2n) is 6.15. The van der Waals surface area contributed by atoms with Gasteiger partial charge in [0.1, 0.15) is 0 Å². The van der Waals surface area contributed by atoms with E-state index in [2.05, 4.69) is 46.1 Å². The van der Waals surface area contributed by atoms with Crippen LogP contribution in [0.25, 0.3) is 0 Å². The van der Waals surface area contributed by atoms with Gasteiger partial charge in [0.05, 0.1) is 0 Å². The van der Waals surface area contributed by atoms with E-state index >= 15 is 0 Å². The van der Waals surface area contributed by atoms with Crippen molar-refractivity contribution in [3.05, 3.63) is 33.7 Å². The van der Waals surface area contributed by atoms with Gasteiger partial charge in [-0.05, 0) is 13.8 Å². The van der Waals surface area contributed by atoms with Crippen LogP contribution < -0.4 is 5.43 Å². The van der Waals surface area contributed by atoms with Gasteiger partial charge < -0.3 is 4.57 Å². The second-order valence-corrected chi connectivity index (χ2v) is 6.15. The van der Waals surface area contributed by atoms with Gasteiger partial charge in [-0.15, -0.1) is 0 Å². The summed E-state index contributed by atoms with van der Waals surface area (Å²) < 4.78 is 2.24. The summed E-state index contributed by atoms with van der Waals surface area (Å²) in [5.74, 6) is 0. The zero-order valence-corrected chi connectivity index (χ0v) is 11.1. The van der Waals surface area contributed by atoms with E-state index in [-0.39, 0.29) is 16.3 Å². The van der Waals surface area contributed by atoms with Crippen LogP contribution in [0, 0.1) is 0 Å². The topological polar surface area (TPSA) is 22.0 Å². The maximum absolute atomic E-state index is 12.0. The van der Waals surface area contributed by atoms with Gasteiger partial charge >= 0.3 is 0 Å². The zero-order valence-electron chi connectivity index (χ0n) is 11.1. The quantitative estimate of drug-likeness (QED) is 0.711. The summed E-state index contributed by atoms with van der Waals surface area (Å²) in [5.41, 5.74) is 2.48. The highest BCUT2D eigenvalue weighted by Gasteiger charge is 2.54. The largest absolute Gasteiger partial charge is 0.348 e. The Balaban J connectivity index is 2.79. The molecule has 0 unspecified atom stereocenters. The summed E-state index contributed by atoms with van der Waals surface area (Å²) in [6.45, 7) is 13.1. The molecule has 0 atom stereocenters. The first-order chi connectivity index (χ1) is 7.21. The third-order valence-electron chi connectivity index (χ3n) is 4.46. The Morgan fingerprint density at radius 3 is 2.19 bits per heavy atom. The van der Waals surface area contributed by atoms with Crippen LogP contribution in [0.3, 0.4) is 0 Å². The number of hydrogen-bond donors (Lipinski definition) is 0. The van der Waals surface area contributed by atoms with Crippen molar-refractivity contribution in [1.29, 1.82) is 0 Å². The molecular formula is C14H21NO. The number of fused-ring (bicyclic) bond motifs is 1. The van der Waals surface area contributed by atoms with Crippen LogP contribution in [0.2, 0.25) is 0 Å². The minimum atomic E-state index is -0.0166. The lowest BCUT2D eigenvalue weighted by Gasteiger charge is -2.54. The molecule has 0 spiro atoms. The van der Waals surface area contributed by atoms with Crippen LogP contribution in [-0.4, -0.2) is 4.57 Å². The molecule has 1 heterocycles. The standard InChI is InChI=1S/C14H21NO/c1-9(2)15-8-7-10(16)11-12(15)14(5,6)13(11,3)4/h7-9H,1-6H3. The SMILES string of the molecule is CC(C)n1ccc(=O)c2c1C(C)(C)C2(C)C. The monoisotopic (exact) mass is 219 g/mol. The lowest BCUT2D eigenvalue weighted by atomic mass is 9.51. The molecule has 0 saturated heterocycles. The molecule has 2 rings (SSSR count). The fourth-order valence-corrected chi connectivity index (χ4v) is 2.77. The molecule has 1 aliphatic carbocycles. The zero-order chi connectivity index (χ0) is 12.3. The number of nitrogens with zero attached hydrogens (tertiary/aromatic N) is 1. The second kappa shape index (κ2) is 2.99. The molecule has 0 amide bonds. The maximum atomic E-state index is 12.0. The molecule has 0 bridgehead atoms. The summed E-state index contributed by atoms with van der Waals surface area (Å²) in [4.78, 5) is 12.0. The van der Waals surface area contributed by atoms with Gasteiger partial charge in [0.25, 0.3) is 0 Å². The van der Waals surface area contributed by atoms with Crippen LogP contribution in [-0.2, 0) is 10.8 Å². The van der Waals surface area contributed by atoms with Crippen molar-refractivity contribution in [2.45, 2.75) is 58.4 Å². The molecule has 0 aliphatic heterocycles. The maximum Gasteiger partial charge on any atom is 0.185 e. The Morgan fingerprint density at radius 2 is 1.69 bits per heavy atom. The van der Waals surface area contributed by atoms with Gasteiger partial charge in [-0.1, -0.05) is 27.7 Å². The summed E-state index contributed by atoms with van der Waals surface area (Å²) in [6.07, 6.45) is 1.93. The molecule has 2 nitrogen and oxygen atoms in total. The van der Waals surface area contributed by atoms with Gasteiger partial charge in [0, 0.05) is 40.4 Å². The highest BCUT2D eigenvalue weighted by atomic mass is 16.1. The van der Waals surface area contributed by atoms with Crippen LogP contribution in [0.1, 0.15) is 58.8 Å². The van der Waals surface area contributed by atoms with E-state index in [9.17, 15) is 4.79 Å². The molecule has 0 N–H and O–H groups in total. The van der Waals surface area contributed by atoms with E-state index in [1.54, 1.807) is 6.07 Å². The van der Waals surface area contributed by atoms with Crippen molar-refractivity contribution in [3.63, 3.8) is 0 Å². The summed E-state index contributed by atoms with van der Waals surface area (Å²) in [7, 11) is 0. The fraction of sp³-hybridized carbons (Fsp3) is 0.643. The minimum Gasteiger partial charge on any atom is -0.348 e. The molecule has 16 heavy (non-hydrogen) atoms. The Morgan fingerprint density at radius 1 is 1.12 bits per heavy atom. The van der Waals surface area contributed by atoms with Crippen LogP contribution in [0.15, 0.2) is 17.1 Å². The third kappa shape index (κ3) is 1.10. The van der Waals surface area contributed by atoms with E-state index < -0.39 is 0 Å². The normalized spacial score (nSPS) is 20.4. The number of rotatable bonds is 1. The molecule has 0 aromatic carbocycles. The predicted molar refractivity (Wildman–Crippen MR) is 67.1 cm³/mol. The van der Waals surface area contributed by atoms with E-state index in [4.69, 9.17) is 0 Å². The minimum absolute atomic E-state index is 0.0166. The number of pyridine rings is 1. The van der Waals surface area contributed by atoms with Crippen LogP contribution in [0.4, 0.5) is 0 Å². The number of aromatic nitrogens is 1. The van der Waals surface area contributed by atoms with Gasteiger partial charge in [0.2, 0.25) is 0 Å². The lowest BCUT2D eigenvalue weighted by Crippen LogP contribution is -2.56. The molecule has 0 radical (unpaired) electrons. The van der Waals surface area contributed by atoms with Crippen molar-refractivity contribution in [2.24, 2.45) is 0 Å². The first-order valence-electron chi connectivity index (χ1n) is 5.97. The number of hydrogen-bond acceptors (Lipinski definition) is 1. The van der Waals surface area contributed by atoms with Crippen molar-refractivity contribution in [2.75, 3.05) is 0 Å². The Labute approximate surface area is 97.3 Å². The Bertz CT molecular complexity index is 492. The van der Waals surface area contributed by atoms with Gasteiger partial charge in [-0.2, -0.15) is 0 Å². The molecule has 2 heteroatoms. The van der Waals surface area contributed by atoms with Crippen LogP contribution >= 0.6 is 0 Å². The van der Waals surface area contributed by atoms with Gasteiger partial charge in [0.15, 0.2) is 5.43 Å². The summed E-state index contributed by atoms with van der Waals surface area (Å²) >= 11 is 0. The van der Waals surface area contributed by atoms with E-state index in [0.717, 1.165) is 5.56 Å². The molecule has 1 aliphatic rings. The molecule has 0 saturated carbocycles. The molecular weight excluding hydrogens is 198 g/mol. The first-order valence-corrected chi connectivity index (χ1v) is 5.97. The Hall–Kier alpha value is -1.05. The van der Waals surface area contributed by atoms with E-state index in [0.29, 0.717) is 6.04 Å². The molecule has 1 aromatic heterocycles. The fourth-order valence-electron chi connectivity index (χ4n) is 2.77. The van der Waals surface area contributed by atoms with Gasteiger partial charge in [-0.3, -0.25) is 4.79 Å². The average Bonchev–Trinajstić information content (AvgIpc) is 2.16. The lowest BCUT2D eigenvalue weighted by molar-refractivity contribution is 0.211. The van der Waals surface area contributed by atoms with Crippen LogP contribution in [0.5, 0.6) is 0 Å². The van der Waals surface area contributed by atoms with E-state index in [1.165, 1.54) is 5.69 Å². The average molecular weight is 219 g/mol. The predicted octanol–water partition coefficient (Wildman–Crippen LogP) is 3.00. The van der Waals surface area contributed by atoms with Gasteiger partial charge in [-0.25, -0.2) is 0 Å². The first kappa shape index (κ1) is 11.4.